The van der Waals surface area contributed by atoms with Gasteiger partial charge in [0.25, 0.3) is 0 Å². The van der Waals surface area contributed by atoms with Crippen molar-refractivity contribution in [3.05, 3.63) is 48.7 Å². The lowest BCUT2D eigenvalue weighted by molar-refractivity contribution is -0.0148. The maximum Gasteiger partial charge on any atom is 0.111 e. The summed E-state index contributed by atoms with van der Waals surface area (Å²) in [6.45, 7) is 9.57. The molecular weight excluding hydrogens is 324 g/mol. The third-order valence-corrected chi connectivity index (χ3v) is 3.06. The van der Waals surface area contributed by atoms with E-state index in [-0.39, 0.29) is 0 Å². The predicted octanol–water partition coefficient (Wildman–Crippen LogP) is 2.43. The van der Waals surface area contributed by atoms with Crippen molar-refractivity contribution in [2.45, 2.75) is 6.61 Å². The maximum absolute atomic E-state index is 5.52. The SMILES string of the molecule is C=COCCOCCOCCOCCOCCOCc1ccccc1. The van der Waals surface area contributed by atoms with Gasteiger partial charge in [0.2, 0.25) is 0 Å². The van der Waals surface area contributed by atoms with Crippen molar-refractivity contribution in [2.75, 3.05) is 66.1 Å². The monoisotopic (exact) mass is 354 g/mol. The Hall–Kier alpha value is -1.44. The zero-order valence-corrected chi connectivity index (χ0v) is 14.9. The quantitative estimate of drug-likeness (QED) is 0.298. The molecular formula is C19H30O6. The standard InChI is InChI=1S/C19H30O6/c1-2-20-8-9-21-10-11-22-12-13-23-14-15-24-16-17-25-18-19-6-4-3-5-7-19/h2-7H,1,8-18H2. The minimum Gasteiger partial charge on any atom is -0.499 e. The van der Waals surface area contributed by atoms with Crippen molar-refractivity contribution in [3.8, 4) is 0 Å². The first-order valence-electron chi connectivity index (χ1n) is 8.58. The summed E-state index contributed by atoms with van der Waals surface area (Å²) in [7, 11) is 0. The fourth-order valence-corrected chi connectivity index (χ4v) is 1.83. The van der Waals surface area contributed by atoms with Crippen LogP contribution in [-0.2, 0) is 35.0 Å². The Morgan fingerprint density at radius 1 is 0.600 bits per heavy atom. The molecule has 6 nitrogen and oxygen atoms in total. The van der Waals surface area contributed by atoms with Crippen LogP contribution >= 0.6 is 0 Å². The van der Waals surface area contributed by atoms with Crippen molar-refractivity contribution < 1.29 is 28.4 Å². The third-order valence-electron chi connectivity index (χ3n) is 3.06. The Morgan fingerprint density at radius 3 is 1.52 bits per heavy atom. The molecule has 0 radical (unpaired) electrons. The number of hydrogen-bond acceptors (Lipinski definition) is 6. The molecule has 0 N–H and O–H groups in total. The minimum atomic E-state index is 0.518. The van der Waals surface area contributed by atoms with Gasteiger partial charge in [-0.15, -0.1) is 0 Å². The molecule has 0 spiro atoms. The molecule has 6 heteroatoms. The van der Waals surface area contributed by atoms with E-state index in [9.17, 15) is 0 Å². The second kappa shape index (κ2) is 17.4. The Morgan fingerprint density at radius 2 is 1.04 bits per heavy atom. The van der Waals surface area contributed by atoms with E-state index in [1.807, 2.05) is 30.3 Å². The summed E-state index contributed by atoms with van der Waals surface area (Å²) in [5.74, 6) is 0. The van der Waals surface area contributed by atoms with E-state index < -0.39 is 0 Å². The van der Waals surface area contributed by atoms with Gasteiger partial charge in [-0.05, 0) is 5.56 Å². The topological polar surface area (TPSA) is 55.4 Å². The van der Waals surface area contributed by atoms with Gasteiger partial charge in [-0.1, -0.05) is 36.9 Å². The highest BCUT2D eigenvalue weighted by Gasteiger charge is 1.94. The average molecular weight is 354 g/mol. The molecule has 0 aromatic heterocycles. The van der Waals surface area contributed by atoms with Gasteiger partial charge in [-0.25, -0.2) is 0 Å². The highest BCUT2D eigenvalue weighted by Crippen LogP contribution is 1.99. The molecule has 0 unspecified atom stereocenters. The van der Waals surface area contributed by atoms with E-state index in [4.69, 9.17) is 28.4 Å². The van der Waals surface area contributed by atoms with Gasteiger partial charge < -0.3 is 28.4 Å². The molecule has 0 amide bonds. The molecule has 0 aliphatic carbocycles. The second-order valence-electron chi connectivity index (χ2n) is 5.03. The van der Waals surface area contributed by atoms with Crippen LogP contribution in [0.15, 0.2) is 43.2 Å². The zero-order valence-electron chi connectivity index (χ0n) is 14.9. The molecule has 0 atom stereocenters. The summed E-state index contributed by atoms with van der Waals surface area (Å²) >= 11 is 0. The lowest BCUT2D eigenvalue weighted by Crippen LogP contribution is -2.13. The van der Waals surface area contributed by atoms with Gasteiger partial charge in [-0.2, -0.15) is 0 Å². The van der Waals surface area contributed by atoms with Crippen molar-refractivity contribution in [3.63, 3.8) is 0 Å². The van der Waals surface area contributed by atoms with Gasteiger partial charge in [0.05, 0.1) is 72.3 Å². The predicted molar refractivity (Wildman–Crippen MR) is 95.5 cm³/mol. The van der Waals surface area contributed by atoms with E-state index in [2.05, 4.69) is 6.58 Å². The van der Waals surface area contributed by atoms with Crippen LogP contribution in [0.4, 0.5) is 0 Å². The van der Waals surface area contributed by atoms with Crippen LogP contribution < -0.4 is 0 Å². The summed E-state index contributed by atoms with van der Waals surface area (Å²) in [4.78, 5) is 0. The molecule has 142 valence electrons. The first kappa shape index (κ1) is 21.6. The van der Waals surface area contributed by atoms with Crippen LogP contribution in [0.3, 0.4) is 0 Å². The molecule has 0 saturated carbocycles. The molecule has 0 aliphatic rings. The number of rotatable bonds is 18. The largest absolute Gasteiger partial charge is 0.499 e. The molecule has 0 heterocycles. The van der Waals surface area contributed by atoms with Gasteiger partial charge in [0.1, 0.15) is 6.61 Å². The van der Waals surface area contributed by atoms with E-state index >= 15 is 0 Å². The molecule has 0 fully saturated rings. The Bertz CT molecular complexity index is 398. The Kier molecular flexibility index (Phi) is 15.0. The highest BCUT2D eigenvalue weighted by molar-refractivity contribution is 5.13. The zero-order chi connectivity index (χ0) is 17.8. The maximum atomic E-state index is 5.52. The van der Waals surface area contributed by atoms with Crippen molar-refractivity contribution in [1.29, 1.82) is 0 Å². The van der Waals surface area contributed by atoms with Crippen molar-refractivity contribution in [1.82, 2.24) is 0 Å². The van der Waals surface area contributed by atoms with Crippen LogP contribution in [0.2, 0.25) is 0 Å². The molecule has 1 aromatic carbocycles. The van der Waals surface area contributed by atoms with Crippen molar-refractivity contribution >= 4 is 0 Å². The molecule has 0 aliphatic heterocycles. The van der Waals surface area contributed by atoms with Crippen LogP contribution in [0.25, 0.3) is 0 Å². The van der Waals surface area contributed by atoms with E-state index in [0.717, 1.165) is 0 Å². The lowest BCUT2D eigenvalue weighted by atomic mass is 10.2. The van der Waals surface area contributed by atoms with Gasteiger partial charge in [-0.3, -0.25) is 0 Å². The highest BCUT2D eigenvalue weighted by atomic mass is 16.6. The first-order chi connectivity index (χ1) is 12.4. The number of benzene rings is 1. The normalized spacial score (nSPS) is 10.7. The van der Waals surface area contributed by atoms with Crippen molar-refractivity contribution in [2.24, 2.45) is 0 Å². The number of ether oxygens (including phenoxy) is 6. The Labute approximate surface area is 150 Å². The fourth-order valence-electron chi connectivity index (χ4n) is 1.83. The molecule has 0 bridgehead atoms. The molecule has 1 rings (SSSR count). The van der Waals surface area contributed by atoms with E-state index in [1.54, 1.807) is 0 Å². The molecule has 25 heavy (non-hydrogen) atoms. The summed E-state index contributed by atoms with van der Waals surface area (Å²) in [6, 6.07) is 10.1. The van der Waals surface area contributed by atoms with Crippen LogP contribution in [0.1, 0.15) is 5.56 Å². The second-order valence-corrected chi connectivity index (χ2v) is 5.03. The van der Waals surface area contributed by atoms with Crippen LogP contribution in [0, 0.1) is 0 Å². The summed E-state index contributed by atoms with van der Waals surface area (Å²) in [6.07, 6.45) is 1.40. The average Bonchev–Trinajstić information content (AvgIpc) is 2.65. The van der Waals surface area contributed by atoms with Gasteiger partial charge in [0.15, 0.2) is 0 Å². The van der Waals surface area contributed by atoms with Crippen LogP contribution in [0.5, 0.6) is 0 Å². The molecule has 1 aromatic rings. The Balaban J connectivity index is 1.70. The van der Waals surface area contributed by atoms with Gasteiger partial charge in [0, 0.05) is 0 Å². The number of hydrogen-bond donors (Lipinski definition) is 0. The van der Waals surface area contributed by atoms with E-state index in [1.165, 1.54) is 11.8 Å². The minimum absolute atomic E-state index is 0.518. The van der Waals surface area contributed by atoms with E-state index in [0.29, 0.717) is 72.7 Å². The lowest BCUT2D eigenvalue weighted by Gasteiger charge is -2.08. The smallest absolute Gasteiger partial charge is 0.111 e. The third kappa shape index (κ3) is 14.6. The summed E-state index contributed by atoms with van der Waals surface area (Å²) in [5.41, 5.74) is 1.17. The fraction of sp³-hybridized carbons (Fsp3) is 0.579. The summed E-state index contributed by atoms with van der Waals surface area (Å²) in [5, 5.41) is 0. The summed E-state index contributed by atoms with van der Waals surface area (Å²) < 4.78 is 31.9. The molecule has 0 saturated heterocycles. The first-order valence-corrected chi connectivity index (χ1v) is 8.58. The van der Waals surface area contributed by atoms with Crippen LogP contribution in [-0.4, -0.2) is 66.1 Å². The van der Waals surface area contributed by atoms with Gasteiger partial charge >= 0.3 is 0 Å².